The Morgan fingerprint density at radius 3 is 2.79 bits per heavy atom. The lowest BCUT2D eigenvalue weighted by Gasteiger charge is -2.28. The van der Waals surface area contributed by atoms with E-state index in [9.17, 15) is 4.39 Å². The summed E-state index contributed by atoms with van der Waals surface area (Å²) in [6, 6.07) is 8.69. The Morgan fingerprint density at radius 1 is 1.21 bits per heavy atom. The van der Waals surface area contributed by atoms with E-state index in [2.05, 4.69) is 21.9 Å². The Kier molecular flexibility index (Phi) is 3.94. The van der Waals surface area contributed by atoms with Crippen LogP contribution in [0.5, 0.6) is 5.88 Å². The van der Waals surface area contributed by atoms with E-state index in [4.69, 9.17) is 4.74 Å². The van der Waals surface area contributed by atoms with Crippen LogP contribution in [0, 0.1) is 5.82 Å². The minimum absolute atomic E-state index is 0.240. The first-order chi connectivity index (χ1) is 11.7. The Balaban J connectivity index is 1.52. The van der Waals surface area contributed by atoms with E-state index >= 15 is 0 Å². The third-order valence-corrected chi connectivity index (χ3v) is 4.64. The second-order valence-electron chi connectivity index (χ2n) is 6.40. The number of aromatic amines is 1. The van der Waals surface area contributed by atoms with Crippen LogP contribution in [0.15, 0.2) is 42.7 Å². The van der Waals surface area contributed by atoms with Crippen molar-refractivity contribution in [3.8, 4) is 17.0 Å². The van der Waals surface area contributed by atoms with Crippen molar-refractivity contribution in [2.24, 2.45) is 0 Å². The van der Waals surface area contributed by atoms with Gasteiger partial charge in [-0.25, -0.2) is 9.37 Å². The highest BCUT2D eigenvalue weighted by atomic mass is 19.1. The van der Waals surface area contributed by atoms with Crippen molar-refractivity contribution in [1.29, 1.82) is 0 Å². The highest BCUT2D eigenvalue weighted by Gasteiger charge is 2.18. The van der Waals surface area contributed by atoms with Gasteiger partial charge in [-0.3, -0.25) is 0 Å². The molecule has 2 aromatic heterocycles. The van der Waals surface area contributed by atoms with Crippen LogP contribution in [0.3, 0.4) is 0 Å². The summed E-state index contributed by atoms with van der Waals surface area (Å²) in [5.74, 6) is 0.426. The molecule has 0 bridgehead atoms. The number of hydrogen-bond acceptors (Lipinski definition) is 3. The van der Waals surface area contributed by atoms with Crippen LogP contribution >= 0.6 is 0 Å². The Bertz CT molecular complexity index is 835. The molecule has 1 N–H and O–H groups in total. The van der Waals surface area contributed by atoms with Crippen molar-refractivity contribution in [1.82, 2.24) is 14.9 Å². The lowest BCUT2D eigenvalue weighted by molar-refractivity contribution is 0.110. The second-order valence-corrected chi connectivity index (χ2v) is 6.40. The monoisotopic (exact) mass is 325 g/mol. The Morgan fingerprint density at radius 2 is 2.04 bits per heavy atom. The van der Waals surface area contributed by atoms with Gasteiger partial charge in [-0.15, -0.1) is 0 Å². The molecule has 3 heterocycles. The van der Waals surface area contributed by atoms with E-state index < -0.39 is 0 Å². The number of piperidine rings is 1. The number of halogens is 1. The van der Waals surface area contributed by atoms with Crippen LogP contribution in [-0.2, 0) is 0 Å². The van der Waals surface area contributed by atoms with Crippen LogP contribution in [0.25, 0.3) is 22.0 Å². The summed E-state index contributed by atoms with van der Waals surface area (Å²) in [7, 11) is 2.14. The third-order valence-electron chi connectivity index (χ3n) is 4.64. The largest absolute Gasteiger partial charge is 0.474 e. The standard InChI is InChI=1S/C19H20FN3O/c1-23-8-6-15(7-9-23)24-19-5-2-13(11-22-19)17-12-21-18-10-14(20)3-4-16(17)18/h2-5,10-12,15,21H,6-9H2,1H3. The molecule has 0 aliphatic carbocycles. The van der Waals surface area contributed by atoms with Gasteiger partial charge in [-0.1, -0.05) is 0 Å². The fourth-order valence-corrected chi connectivity index (χ4v) is 3.22. The number of pyridine rings is 1. The maximum absolute atomic E-state index is 13.3. The topological polar surface area (TPSA) is 41.1 Å². The van der Waals surface area contributed by atoms with Crippen LogP contribution in [-0.4, -0.2) is 41.1 Å². The lowest BCUT2D eigenvalue weighted by Crippen LogP contribution is -2.35. The molecule has 124 valence electrons. The molecule has 1 fully saturated rings. The van der Waals surface area contributed by atoms with Crippen molar-refractivity contribution >= 4 is 10.9 Å². The number of H-pyrrole nitrogens is 1. The number of fused-ring (bicyclic) bond motifs is 1. The normalized spacial score (nSPS) is 16.6. The number of nitrogens with one attached hydrogen (secondary N) is 1. The van der Waals surface area contributed by atoms with E-state index in [-0.39, 0.29) is 11.9 Å². The number of likely N-dealkylation sites (tertiary alicyclic amines) is 1. The smallest absolute Gasteiger partial charge is 0.213 e. The van der Waals surface area contributed by atoms with E-state index in [1.54, 1.807) is 6.07 Å². The Hall–Kier alpha value is -2.40. The second kappa shape index (κ2) is 6.24. The average Bonchev–Trinajstić information content (AvgIpc) is 3.00. The highest BCUT2D eigenvalue weighted by Crippen LogP contribution is 2.29. The molecule has 1 aliphatic heterocycles. The van der Waals surface area contributed by atoms with Crippen molar-refractivity contribution in [2.75, 3.05) is 20.1 Å². The van der Waals surface area contributed by atoms with E-state index in [1.165, 1.54) is 12.1 Å². The predicted octanol–water partition coefficient (Wildman–Crippen LogP) is 3.84. The SMILES string of the molecule is CN1CCC(Oc2ccc(-c3c[nH]c4cc(F)ccc34)cn2)CC1. The molecule has 1 aliphatic rings. The molecular formula is C19H20FN3O. The molecule has 3 aromatic rings. The van der Waals surface area contributed by atoms with Gasteiger partial charge < -0.3 is 14.6 Å². The van der Waals surface area contributed by atoms with Crippen LogP contribution in [0.4, 0.5) is 4.39 Å². The van der Waals surface area contributed by atoms with Gasteiger partial charge >= 0.3 is 0 Å². The minimum Gasteiger partial charge on any atom is -0.474 e. The van der Waals surface area contributed by atoms with Gasteiger partial charge in [0.25, 0.3) is 0 Å². The summed E-state index contributed by atoms with van der Waals surface area (Å²) in [4.78, 5) is 9.87. The number of rotatable bonds is 3. The molecule has 0 unspecified atom stereocenters. The first-order valence-corrected chi connectivity index (χ1v) is 8.27. The summed E-state index contributed by atoms with van der Waals surface area (Å²) in [6.45, 7) is 2.13. The molecule has 1 saturated heterocycles. The number of ether oxygens (including phenoxy) is 1. The zero-order valence-electron chi connectivity index (χ0n) is 13.6. The number of benzene rings is 1. The van der Waals surface area contributed by atoms with Gasteiger partial charge in [0.05, 0.1) is 0 Å². The molecule has 0 saturated carbocycles. The summed E-state index contributed by atoms with van der Waals surface area (Å²) < 4.78 is 19.3. The fraction of sp³-hybridized carbons (Fsp3) is 0.316. The van der Waals surface area contributed by atoms with Crippen molar-refractivity contribution in [3.05, 3.63) is 48.5 Å². The van der Waals surface area contributed by atoms with E-state index in [0.29, 0.717) is 5.88 Å². The molecule has 5 heteroatoms. The van der Waals surface area contributed by atoms with Crippen LogP contribution in [0.2, 0.25) is 0 Å². The number of nitrogens with zero attached hydrogens (tertiary/aromatic N) is 2. The Labute approximate surface area is 140 Å². The van der Waals surface area contributed by atoms with Crippen LogP contribution in [0.1, 0.15) is 12.8 Å². The average molecular weight is 325 g/mol. The van der Waals surface area contributed by atoms with E-state index in [0.717, 1.165) is 48.0 Å². The lowest BCUT2D eigenvalue weighted by atomic mass is 10.1. The third kappa shape index (κ3) is 2.99. The number of aromatic nitrogens is 2. The zero-order chi connectivity index (χ0) is 16.5. The van der Waals surface area contributed by atoms with Crippen molar-refractivity contribution < 1.29 is 9.13 Å². The zero-order valence-corrected chi connectivity index (χ0v) is 13.6. The molecular weight excluding hydrogens is 305 g/mol. The fourth-order valence-electron chi connectivity index (χ4n) is 3.22. The maximum Gasteiger partial charge on any atom is 0.213 e. The van der Waals surface area contributed by atoms with Gasteiger partial charge in [-0.05, 0) is 44.2 Å². The van der Waals surface area contributed by atoms with Gasteiger partial charge in [0, 0.05) is 53.6 Å². The molecule has 24 heavy (non-hydrogen) atoms. The van der Waals surface area contributed by atoms with Crippen molar-refractivity contribution in [2.45, 2.75) is 18.9 Å². The summed E-state index contributed by atoms with van der Waals surface area (Å²) >= 11 is 0. The van der Waals surface area contributed by atoms with Gasteiger partial charge in [0.1, 0.15) is 11.9 Å². The van der Waals surface area contributed by atoms with Crippen LogP contribution < -0.4 is 4.74 Å². The molecule has 0 amide bonds. The predicted molar refractivity (Wildman–Crippen MR) is 92.6 cm³/mol. The molecule has 0 radical (unpaired) electrons. The quantitative estimate of drug-likeness (QED) is 0.795. The van der Waals surface area contributed by atoms with Gasteiger partial charge in [0.15, 0.2) is 0 Å². The number of hydrogen-bond donors (Lipinski definition) is 1. The summed E-state index contributed by atoms with van der Waals surface area (Å²) in [6.07, 6.45) is 6.02. The molecule has 0 spiro atoms. The molecule has 4 nitrogen and oxygen atoms in total. The van der Waals surface area contributed by atoms with Gasteiger partial charge in [-0.2, -0.15) is 0 Å². The van der Waals surface area contributed by atoms with Crippen molar-refractivity contribution in [3.63, 3.8) is 0 Å². The first-order valence-electron chi connectivity index (χ1n) is 8.27. The highest BCUT2D eigenvalue weighted by molar-refractivity contribution is 5.95. The minimum atomic E-state index is -0.240. The van der Waals surface area contributed by atoms with Gasteiger partial charge in [0.2, 0.25) is 5.88 Å². The van der Waals surface area contributed by atoms with E-state index in [1.807, 2.05) is 24.5 Å². The molecule has 0 atom stereocenters. The summed E-state index contributed by atoms with van der Waals surface area (Å²) in [5, 5.41) is 0.988. The molecule has 1 aromatic carbocycles. The molecule has 4 rings (SSSR count). The summed E-state index contributed by atoms with van der Waals surface area (Å²) in [5.41, 5.74) is 2.79. The maximum atomic E-state index is 13.3. The first kappa shape index (κ1) is 15.1.